The average Bonchev–Trinajstić information content (AvgIpc) is 2.37. The molecule has 2 nitrogen and oxygen atoms in total. The summed E-state index contributed by atoms with van der Waals surface area (Å²) >= 11 is 1.69. The van der Waals surface area contributed by atoms with Crippen LogP contribution in [0, 0.1) is 12.3 Å². The van der Waals surface area contributed by atoms with Crippen LogP contribution in [0.25, 0.3) is 0 Å². The molecule has 0 saturated heterocycles. The van der Waals surface area contributed by atoms with Crippen LogP contribution in [0.15, 0.2) is 17.6 Å². The van der Waals surface area contributed by atoms with Crippen molar-refractivity contribution in [3.05, 3.63) is 12.4 Å². The Kier molecular flexibility index (Phi) is 3.06. The van der Waals surface area contributed by atoms with Crippen molar-refractivity contribution in [3.63, 3.8) is 0 Å². The molecule has 0 unspecified atom stereocenters. The smallest absolute Gasteiger partial charge is 0.167 e. The van der Waals surface area contributed by atoms with Crippen LogP contribution in [-0.2, 0) is 7.05 Å². The number of aromatic nitrogens is 2. The fourth-order valence-corrected chi connectivity index (χ4v) is 1.49. The highest BCUT2D eigenvalue weighted by Crippen LogP contribution is 2.14. The van der Waals surface area contributed by atoms with E-state index in [2.05, 4.69) is 10.9 Å². The van der Waals surface area contributed by atoms with Crippen LogP contribution in [0.4, 0.5) is 0 Å². The number of thioether (sulfide) groups is 1. The van der Waals surface area contributed by atoms with E-state index in [1.807, 2.05) is 17.8 Å². The van der Waals surface area contributed by atoms with Crippen LogP contribution in [0.2, 0.25) is 0 Å². The first-order chi connectivity index (χ1) is 5.34. The summed E-state index contributed by atoms with van der Waals surface area (Å²) in [6.07, 6.45) is 9.64. The van der Waals surface area contributed by atoms with Gasteiger partial charge in [-0.1, -0.05) is 11.8 Å². The Hall–Kier alpha value is -0.880. The van der Waals surface area contributed by atoms with Crippen LogP contribution in [0.5, 0.6) is 0 Å². The maximum absolute atomic E-state index is 5.12. The second-order valence-corrected chi connectivity index (χ2v) is 3.19. The molecule has 0 spiro atoms. The molecule has 0 fully saturated rings. The highest BCUT2D eigenvalue weighted by molar-refractivity contribution is 7.99. The number of imidazole rings is 1. The molecule has 0 aliphatic heterocycles. The van der Waals surface area contributed by atoms with Crippen molar-refractivity contribution in [2.75, 3.05) is 5.75 Å². The summed E-state index contributed by atoms with van der Waals surface area (Å²) in [7, 11) is 1.98. The van der Waals surface area contributed by atoms with Gasteiger partial charge in [0, 0.05) is 31.6 Å². The highest BCUT2D eigenvalue weighted by atomic mass is 32.2. The molecule has 0 N–H and O–H groups in total. The molecule has 0 aromatic carbocycles. The third-order valence-electron chi connectivity index (χ3n) is 1.25. The maximum atomic E-state index is 5.12. The molecule has 58 valence electrons. The summed E-state index contributed by atoms with van der Waals surface area (Å²) in [4.78, 5) is 4.14. The van der Waals surface area contributed by atoms with E-state index in [1.165, 1.54) is 0 Å². The lowest BCUT2D eigenvalue weighted by molar-refractivity contribution is 0.790. The van der Waals surface area contributed by atoms with Crippen LogP contribution in [0.3, 0.4) is 0 Å². The minimum atomic E-state index is 0.803. The van der Waals surface area contributed by atoms with Gasteiger partial charge < -0.3 is 4.57 Å². The Morgan fingerprint density at radius 2 is 2.64 bits per heavy atom. The molecule has 0 atom stereocenters. The number of aryl methyl sites for hydroxylation is 1. The Bertz CT molecular complexity index is 259. The predicted octanol–water partition coefficient (Wildman–Crippen LogP) is 1.54. The standard InChI is InChI=1S/C8H10N2S/c1-3-4-7-11-8-9-5-6-10(8)2/h1,5-6H,4,7H2,2H3. The van der Waals surface area contributed by atoms with Crippen molar-refractivity contribution in [1.82, 2.24) is 9.55 Å². The van der Waals surface area contributed by atoms with Gasteiger partial charge >= 0.3 is 0 Å². The molecule has 0 aliphatic rings. The van der Waals surface area contributed by atoms with Gasteiger partial charge in [-0.25, -0.2) is 4.98 Å². The van der Waals surface area contributed by atoms with Crippen molar-refractivity contribution in [1.29, 1.82) is 0 Å². The topological polar surface area (TPSA) is 17.8 Å². The minimum absolute atomic E-state index is 0.803. The van der Waals surface area contributed by atoms with E-state index in [9.17, 15) is 0 Å². The van der Waals surface area contributed by atoms with Gasteiger partial charge in [0.1, 0.15) is 0 Å². The molecule has 1 aromatic rings. The zero-order chi connectivity index (χ0) is 8.10. The highest BCUT2D eigenvalue weighted by Gasteiger charge is 1.96. The average molecular weight is 166 g/mol. The number of hydrogen-bond acceptors (Lipinski definition) is 2. The van der Waals surface area contributed by atoms with Crippen molar-refractivity contribution in [3.8, 4) is 12.3 Å². The van der Waals surface area contributed by atoms with Gasteiger partial charge in [0.05, 0.1) is 0 Å². The van der Waals surface area contributed by atoms with Crippen LogP contribution in [0.1, 0.15) is 6.42 Å². The summed E-state index contributed by atoms with van der Waals surface area (Å²) in [5.74, 6) is 3.54. The molecule has 1 aromatic heterocycles. The van der Waals surface area contributed by atoms with Gasteiger partial charge in [0.25, 0.3) is 0 Å². The monoisotopic (exact) mass is 166 g/mol. The van der Waals surface area contributed by atoms with Crippen molar-refractivity contribution in [2.24, 2.45) is 7.05 Å². The van der Waals surface area contributed by atoms with E-state index in [-0.39, 0.29) is 0 Å². The summed E-state index contributed by atoms with van der Waals surface area (Å²) in [5, 5.41) is 1.03. The Morgan fingerprint density at radius 1 is 1.82 bits per heavy atom. The quantitative estimate of drug-likeness (QED) is 0.385. The predicted molar refractivity (Wildman–Crippen MR) is 47.4 cm³/mol. The third-order valence-corrected chi connectivity index (χ3v) is 2.31. The van der Waals surface area contributed by atoms with Gasteiger partial charge in [-0.3, -0.25) is 0 Å². The molecular weight excluding hydrogens is 156 g/mol. The molecule has 1 rings (SSSR count). The number of hydrogen-bond donors (Lipinski definition) is 0. The Morgan fingerprint density at radius 3 is 3.18 bits per heavy atom. The van der Waals surface area contributed by atoms with Gasteiger partial charge in [-0.15, -0.1) is 12.3 Å². The van der Waals surface area contributed by atoms with Crippen molar-refractivity contribution in [2.45, 2.75) is 11.6 Å². The summed E-state index contributed by atoms with van der Waals surface area (Å²) in [6, 6.07) is 0. The zero-order valence-electron chi connectivity index (χ0n) is 6.45. The Labute approximate surface area is 71.0 Å². The zero-order valence-corrected chi connectivity index (χ0v) is 7.27. The molecule has 0 bridgehead atoms. The second-order valence-electron chi connectivity index (χ2n) is 2.12. The number of terminal acetylenes is 1. The third kappa shape index (κ3) is 2.32. The lowest BCUT2D eigenvalue weighted by Crippen LogP contribution is -1.89. The first-order valence-corrected chi connectivity index (χ1v) is 4.36. The molecule has 1 heterocycles. The minimum Gasteiger partial charge on any atom is -0.329 e. The molecule has 0 amide bonds. The first-order valence-electron chi connectivity index (χ1n) is 3.38. The van der Waals surface area contributed by atoms with Gasteiger partial charge in [0.15, 0.2) is 5.16 Å². The number of rotatable bonds is 3. The van der Waals surface area contributed by atoms with Gasteiger partial charge in [0.2, 0.25) is 0 Å². The second kappa shape index (κ2) is 4.09. The maximum Gasteiger partial charge on any atom is 0.167 e. The van der Waals surface area contributed by atoms with Crippen LogP contribution < -0.4 is 0 Å². The van der Waals surface area contributed by atoms with Gasteiger partial charge in [-0.05, 0) is 0 Å². The van der Waals surface area contributed by atoms with Crippen LogP contribution >= 0.6 is 11.8 Å². The molecule has 0 radical (unpaired) electrons. The fourth-order valence-electron chi connectivity index (χ4n) is 0.692. The molecule has 3 heteroatoms. The SMILES string of the molecule is C#CCCSc1nccn1C. The summed E-state index contributed by atoms with van der Waals surface area (Å²) < 4.78 is 1.99. The molecular formula is C8H10N2S. The largest absolute Gasteiger partial charge is 0.329 e. The lowest BCUT2D eigenvalue weighted by atomic mass is 10.5. The fraction of sp³-hybridized carbons (Fsp3) is 0.375. The van der Waals surface area contributed by atoms with Crippen molar-refractivity contribution < 1.29 is 0 Å². The van der Waals surface area contributed by atoms with E-state index in [4.69, 9.17) is 6.42 Å². The molecule has 0 saturated carbocycles. The first kappa shape index (κ1) is 8.22. The van der Waals surface area contributed by atoms with E-state index >= 15 is 0 Å². The number of nitrogens with zero attached hydrogens (tertiary/aromatic N) is 2. The van der Waals surface area contributed by atoms with E-state index in [0.29, 0.717) is 0 Å². The van der Waals surface area contributed by atoms with Crippen LogP contribution in [-0.4, -0.2) is 15.3 Å². The van der Waals surface area contributed by atoms with E-state index < -0.39 is 0 Å². The van der Waals surface area contributed by atoms with Crippen molar-refractivity contribution >= 4 is 11.8 Å². The van der Waals surface area contributed by atoms with Gasteiger partial charge in [-0.2, -0.15) is 0 Å². The van der Waals surface area contributed by atoms with E-state index in [0.717, 1.165) is 17.3 Å². The molecule has 11 heavy (non-hydrogen) atoms. The Balaban J connectivity index is 2.40. The summed E-state index contributed by atoms with van der Waals surface area (Å²) in [5.41, 5.74) is 0. The summed E-state index contributed by atoms with van der Waals surface area (Å²) in [6.45, 7) is 0. The lowest BCUT2D eigenvalue weighted by Gasteiger charge is -1.97. The van der Waals surface area contributed by atoms with E-state index in [1.54, 1.807) is 18.0 Å². The molecule has 0 aliphatic carbocycles. The normalized spacial score (nSPS) is 9.45.